The SMILES string of the molecule is CC(C)(C)OC(=O)NC[C@@H]1CN(c2c(F)c(N)c3c(=O)c(C(=O)O)cn(C4CC4)c3c2F)C[C@H]1c1ccccc1. The van der Waals surface area contributed by atoms with Crippen molar-refractivity contribution in [2.75, 3.05) is 30.3 Å². The highest BCUT2D eigenvalue weighted by Crippen LogP contribution is 2.44. The van der Waals surface area contributed by atoms with Crippen molar-refractivity contribution in [1.29, 1.82) is 0 Å². The molecule has 1 saturated heterocycles. The van der Waals surface area contributed by atoms with Gasteiger partial charge < -0.3 is 30.4 Å². The van der Waals surface area contributed by atoms with Crippen molar-refractivity contribution in [2.24, 2.45) is 5.92 Å². The summed E-state index contributed by atoms with van der Waals surface area (Å²) in [5.41, 5.74) is 3.60. The van der Waals surface area contributed by atoms with E-state index < -0.39 is 51.4 Å². The average Bonchev–Trinajstić information content (AvgIpc) is 3.65. The summed E-state index contributed by atoms with van der Waals surface area (Å²) < 4.78 is 39.0. The number of benzene rings is 2. The van der Waals surface area contributed by atoms with Crippen molar-refractivity contribution >= 4 is 34.3 Å². The zero-order valence-corrected chi connectivity index (χ0v) is 22.5. The van der Waals surface area contributed by atoms with Crippen LogP contribution in [-0.4, -0.2) is 47.0 Å². The Labute approximate surface area is 229 Å². The summed E-state index contributed by atoms with van der Waals surface area (Å²) in [6.07, 6.45) is 1.87. The highest BCUT2D eigenvalue weighted by molar-refractivity contribution is 5.99. The van der Waals surface area contributed by atoms with E-state index in [1.54, 1.807) is 25.7 Å². The molecule has 3 aromatic rings. The maximum absolute atomic E-state index is 16.3. The number of aromatic nitrogens is 1. The van der Waals surface area contributed by atoms with E-state index in [-0.39, 0.29) is 48.7 Å². The maximum Gasteiger partial charge on any atom is 0.407 e. The number of carbonyl (C=O) groups excluding carboxylic acids is 1. The summed E-state index contributed by atoms with van der Waals surface area (Å²) in [6.45, 7) is 5.89. The molecule has 212 valence electrons. The lowest BCUT2D eigenvalue weighted by Gasteiger charge is -2.24. The quantitative estimate of drug-likeness (QED) is 0.379. The molecule has 4 N–H and O–H groups in total. The number of carboxylic acids is 1. The molecule has 1 aliphatic heterocycles. The van der Waals surface area contributed by atoms with Crippen LogP contribution in [0.5, 0.6) is 0 Å². The van der Waals surface area contributed by atoms with Gasteiger partial charge in [0.1, 0.15) is 16.9 Å². The zero-order chi connectivity index (χ0) is 28.9. The van der Waals surface area contributed by atoms with Gasteiger partial charge >= 0.3 is 12.1 Å². The van der Waals surface area contributed by atoms with E-state index in [1.165, 1.54) is 4.57 Å². The van der Waals surface area contributed by atoms with Crippen LogP contribution in [0.2, 0.25) is 0 Å². The third-order valence-electron chi connectivity index (χ3n) is 7.43. The van der Waals surface area contributed by atoms with Crippen LogP contribution in [0.1, 0.15) is 61.5 Å². The number of hydrogen-bond acceptors (Lipinski definition) is 6. The number of fused-ring (bicyclic) bond motifs is 1. The second kappa shape index (κ2) is 10.1. The molecule has 0 spiro atoms. The average molecular weight is 555 g/mol. The summed E-state index contributed by atoms with van der Waals surface area (Å²) in [7, 11) is 0. The Morgan fingerprint density at radius 3 is 2.40 bits per heavy atom. The number of ether oxygens (including phenoxy) is 1. The maximum atomic E-state index is 16.3. The summed E-state index contributed by atoms with van der Waals surface area (Å²) in [5, 5.41) is 11.9. The lowest BCUT2D eigenvalue weighted by molar-refractivity contribution is 0.0518. The molecule has 11 heteroatoms. The van der Waals surface area contributed by atoms with Gasteiger partial charge in [0.25, 0.3) is 0 Å². The first-order chi connectivity index (χ1) is 18.9. The monoisotopic (exact) mass is 554 g/mol. The molecule has 2 fully saturated rings. The van der Waals surface area contributed by atoms with Crippen LogP contribution in [-0.2, 0) is 4.74 Å². The molecule has 9 nitrogen and oxygen atoms in total. The van der Waals surface area contributed by atoms with E-state index in [9.17, 15) is 19.5 Å². The molecule has 1 aliphatic carbocycles. The van der Waals surface area contributed by atoms with Gasteiger partial charge in [0, 0.05) is 43.7 Å². The normalized spacial score (nSPS) is 19.2. The number of nitrogens with one attached hydrogen (secondary N) is 1. The third kappa shape index (κ3) is 5.07. The minimum Gasteiger partial charge on any atom is -0.477 e. The van der Waals surface area contributed by atoms with E-state index in [0.717, 1.165) is 11.8 Å². The first-order valence-electron chi connectivity index (χ1n) is 13.2. The smallest absolute Gasteiger partial charge is 0.407 e. The number of alkyl carbamates (subject to hydrolysis) is 1. The number of aromatic carboxylic acids is 1. The molecule has 40 heavy (non-hydrogen) atoms. The fourth-order valence-corrected chi connectivity index (χ4v) is 5.49. The minimum atomic E-state index is -1.49. The van der Waals surface area contributed by atoms with Gasteiger partial charge in [-0.25, -0.2) is 18.4 Å². The van der Waals surface area contributed by atoms with Gasteiger partial charge in [-0.2, -0.15) is 0 Å². The molecule has 5 rings (SSSR count). The van der Waals surface area contributed by atoms with Crippen LogP contribution in [0.25, 0.3) is 10.9 Å². The number of nitrogens with two attached hydrogens (primary N) is 1. The molecule has 0 radical (unpaired) electrons. The molecule has 1 amide bonds. The van der Waals surface area contributed by atoms with Crippen LogP contribution in [0, 0.1) is 17.6 Å². The molecule has 1 aromatic heterocycles. The Morgan fingerprint density at radius 1 is 1.12 bits per heavy atom. The van der Waals surface area contributed by atoms with Gasteiger partial charge in [0.2, 0.25) is 5.43 Å². The van der Waals surface area contributed by atoms with E-state index >= 15 is 8.78 Å². The van der Waals surface area contributed by atoms with Crippen molar-refractivity contribution in [3.8, 4) is 0 Å². The summed E-state index contributed by atoms with van der Waals surface area (Å²) in [4.78, 5) is 38.6. The van der Waals surface area contributed by atoms with E-state index in [0.29, 0.717) is 12.8 Å². The first kappa shape index (κ1) is 27.4. The van der Waals surface area contributed by atoms with Crippen molar-refractivity contribution < 1.29 is 28.2 Å². The van der Waals surface area contributed by atoms with Gasteiger partial charge in [-0.1, -0.05) is 30.3 Å². The minimum absolute atomic E-state index is 0.188. The molecular formula is C29H32F2N4O5. The molecule has 2 atom stereocenters. The van der Waals surface area contributed by atoms with Crippen LogP contribution in [0.15, 0.2) is 41.3 Å². The first-order valence-corrected chi connectivity index (χ1v) is 13.2. The number of carboxylic acid groups (broad SMARTS) is 1. The number of hydrogen-bond donors (Lipinski definition) is 3. The summed E-state index contributed by atoms with van der Waals surface area (Å²) in [6, 6.07) is 9.26. The van der Waals surface area contributed by atoms with Gasteiger partial charge in [-0.05, 0) is 39.2 Å². The van der Waals surface area contributed by atoms with Crippen molar-refractivity contribution in [1.82, 2.24) is 9.88 Å². The predicted molar refractivity (Wildman–Crippen MR) is 147 cm³/mol. The Kier molecular flexibility index (Phi) is 6.93. The van der Waals surface area contributed by atoms with E-state index in [2.05, 4.69) is 5.32 Å². The van der Waals surface area contributed by atoms with Gasteiger partial charge in [0.05, 0.1) is 16.6 Å². The van der Waals surface area contributed by atoms with E-state index in [1.807, 2.05) is 30.3 Å². The van der Waals surface area contributed by atoms with Crippen LogP contribution in [0.3, 0.4) is 0 Å². The number of nitrogens with zero attached hydrogens (tertiary/aromatic N) is 2. The molecule has 2 aliphatic rings. The van der Waals surface area contributed by atoms with Gasteiger partial charge in [-0.3, -0.25) is 4.79 Å². The van der Waals surface area contributed by atoms with Crippen molar-refractivity contribution in [3.63, 3.8) is 0 Å². The van der Waals surface area contributed by atoms with Crippen molar-refractivity contribution in [2.45, 2.75) is 51.2 Å². The number of pyridine rings is 1. The second-order valence-electron chi connectivity index (χ2n) is 11.5. The van der Waals surface area contributed by atoms with Crippen molar-refractivity contribution in [3.05, 3.63) is 69.5 Å². The van der Waals surface area contributed by atoms with E-state index in [4.69, 9.17) is 10.5 Å². The zero-order valence-electron chi connectivity index (χ0n) is 22.5. The lowest BCUT2D eigenvalue weighted by Crippen LogP contribution is -2.37. The molecule has 0 unspecified atom stereocenters. The third-order valence-corrected chi connectivity index (χ3v) is 7.43. The Hall–Kier alpha value is -4.15. The highest BCUT2D eigenvalue weighted by atomic mass is 19.1. The number of rotatable bonds is 6. The fraction of sp³-hybridized carbons (Fsp3) is 0.414. The summed E-state index contributed by atoms with van der Waals surface area (Å²) >= 11 is 0. The molecule has 2 aromatic carbocycles. The number of carbonyl (C=O) groups is 2. The standard InChI is InChI=1S/C29H32F2N4O5/c1-29(2,3)40-28(39)33-11-16-12-34(13-18(16)15-7-5-4-6-8-15)25-21(30)23(32)20-24(22(25)31)35(17-9-10-17)14-19(26(20)36)27(37)38/h4-8,14,16-18H,9-13,32H2,1-3H3,(H,33,39)(H,37,38)/t16-,18+/m1/s1. The number of anilines is 2. The van der Waals surface area contributed by atoms with Crippen LogP contribution >= 0.6 is 0 Å². The Morgan fingerprint density at radius 2 is 1.80 bits per heavy atom. The number of amides is 1. The van der Waals surface area contributed by atoms with Crippen LogP contribution in [0.4, 0.5) is 25.0 Å². The largest absolute Gasteiger partial charge is 0.477 e. The van der Waals surface area contributed by atoms with Crippen LogP contribution < -0.4 is 21.4 Å². The Balaban J connectivity index is 1.57. The molecule has 1 saturated carbocycles. The second-order valence-corrected chi connectivity index (χ2v) is 11.5. The summed E-state index contributed by atoms with van der Waals surface area (Å²) in [5.74, 6) is -3.98. The molecule has 2 heterocycles. The highest BCUT2D eigenvalue weighted by Gasteiger charge is 2.39. The number of nitrogen functional groups attached to an aromatic ring is 1. The van der Waals surface area contributed by atoms with Gasteiger partial charge in [-0.15, -0.1) is 0 Å². The lowest BCUT2D eigenvalue weighted by atomic mass is 9.89. The number of halogens is 2. The van der Waals surface area contributed by atoms with Gasteiger partial charge in [0.15, 0.2) is 11.6 Å². The predicted octanol–water partition coefficient (Wildman–Crippen LogP) is 4.64. The molecular weight excluding hydrogens is 522 g/mol. The Bertz CT molecular complexity index is 1550. The topological polar surface area (TPSA) is 127 Å². The fourth-order valence-electron chi connectivity index (χ4n) is 5.49. The molecule has 0 bridgehead atoms.